The van der Waals surface area contributed by atoms with E-state index in [2.05, 4.69) is 27.8 Å². The second kappa shape index (κ2) is 11.2. The van der Waals surface area contributed by atoms with Crippen LogP contribution in [0.5, 0.6) is 0 Å². The molecule has 26 heavy (non-hydrogen) atoms. The van der Waals surface area contributed by atoms with Crippen molar-refractivity contribution in [2.24, 2.45) is 5.92 Å². The van der Waals surface area contributed by atoms with Crippen LogP contribution in [0.3, 0.4) is 0 Å². The van der Waals surface area contributed by atoms with Gasteiger partial charge in [0, 0.05) is 17.9 Å². The summed E-state index contributed by atoms with van der Waals surface area (Å²) < 4.78 is 0. The van der Waals surface area contributed by atoms with Crippen molar-refractivity contribution in [3.8, 4) is 0 Å². The topological polar surface area (TPSA) is 102 Å². The molecule has 0 saturated heterocycles. The van der Waals surface area contributed by atoms with Crippen LogP contribution in [0.25, 0.3) is 0 Å². The lowest BCUT2D eigenvalue weighted by atomic mass is 10.1. The van der Waals surface area contributed by atoms with E-state index >= 15 is 0 Å². The molecule has 0 spiro atoms. The molecule has 0 aliphatic carbocycles. The molecule has 0 bridgehead atoms. The predicted molar refractivity (Wildman–Crippen MR) is 108 cm³/mol. The zero-order valence-electron chi connectivity index (χ0n) is 15.0. The number of carboxylic acids is 1. The van der Waals surface area contributed by atoms with Crippen molar-refractivity contribution in [2.45, 2.75) is 26.3 Å². The van der Waals surface area contributed by atoms with Gasteiger partial charge >= 0.3 is 5.97 Å². The van der Waals surface area contributed by atoms with E-state index in [1.54, 1.807) is 24.3 Å². The Kier molecular flexibility index (Phi) is 9.32. The number of benzene rings is 1. The average molecular weight is 378 g/mol. The number of carboxylic acid groups (broad SMARTS) is 1. The smallest absolute Gasteiger partial charge is 0.321 e. The molecule has 0 aromatic heterocycles. The van der Waals surface area contributed by atoms with Crippen molar-refractivity contribution in [1.82, 2.24) is 10.6 Å². The lowest BCUT2D eigenvalue weighted by Gasteiger charge is -2.16. The van der Waals surface area contributed by atoms with Gasteiger partial charge in [-0.1, -0.05) is 26.0 Å². The Morgan fingerprint density at radius 1 is 1.27 bits per heavy atom. The van der Waals surface area contributed by atoms with E-state index in [-0.39, 0.29) is 12.3 Å². The fourth-order valence-corrected chi connectivity index (χ4v) is 2.24. The van der Waals surface area contributed by atoms with Gasteiger partial charge in [0.2, 0.25) is 5.91 Å². The van der Waals surface area contributed by atoms with Gasteiger partial charge in [-0.05, 0) is 42.9 Å². The van der Waals surface area contributed by atoms with E-state index in [4.69, 9.17) is 12.2 Å². The predicted octanol–water partition coefficient (Wildman–Crippen LogP) is 2.19. The van der Waals surface area contributed by atoms with Gasteiger partial charge in [0.15, 0.2) is 5.11 Å². The highest BCUT2D eigenvalue weighted by atomic mass is 32.1. The summed E-state index contributed by atoms with van der Waals surface area (Å²) in [4.78, 5) is 23.4. The van der Waals surface area contributed by atoms with Crippen molar-refractivity contribution >= 4 is 40.6 Å². The summed E-state index contributed by atoms with van der Waals surface area (Å²) in [6.45, 7) is 8.61. The number of hydrogen-bond donors (Lipinski definition) is 5. The fourth-order valence-electron chi connectivity index (χ4n) is 2.04. The highest BCUT2D eigenvalue weighted by molar-refractivity contribution is 7.80. The minimum atomic E-state index is -1.05. The first-order valence-electron chi connectivity index (χ1n) is 8.33. The van der Waals surface area contributed by atoms with Gasteiger partial charge in [-0.25, -0.2) is 0 Å². The third kappa shape index (κ3) is 8.59. The minimum absolute atomic E-state index is 0.154. The molecule has 1 aromatic carbocycles. The van der Waals surface area contributed by atoms with Gasteiger partial charge in [0.05, 0.1) is 6.42 Å². The van der Waals surface area contributed by atoms with Crippen LogP contribution in [-0.4, -0.2) is 41.2 Å². The summed E-state index contributed by atoms with van der Waals surface area (Å²) in [5.41, 5.74) is 1.26. The lowest BCUT2D eigenvalue weighted by molar-refractivity contribution is -0.141. The van der Waals surface area contributed by atoms with Crippen molar-refractivity contribution in [3.05, 3.63) is 36.9 Å². The van der Waals surface area contributed by atoms with Crippen molar-refractivity contribution in [2.75, 3.05) is 23.7 Å². The molecule has 1 atom stereocenters. The van der Waals surface area contributed by atoms with Gasteiger partial charge in [-0.3, -0.25) is 9.59 Å². The zero-order chi connectivity index (χ0) is 19.5. The van der Waals surface area contributed by atoms with Crippen LogP contribution in [0.1, 0.15) is 20.3 Å². The number of thiocarbonyl (C=S) groups is 1. The van der Waals surface area contributed by atoms with Crippen LogP contribution in [0.2, 0.25) is 0 Å². The average Bonchev–Trinajstić information content (AvgIpc) is 2.56. The first kappa shape index (κ1) is 21.6. The van der Waals surface area contributed by atoms with E-state index in [1.165, 1.54) is 0 Å². The number of amides is 1. The Bertz CT molecular complexity index is 649. The van der Waals surface area contributed by atoms with Crippen LogP contribution in [-0.2, 0) is 9.59 Å². The Hall–Kier alpha value is -2.45. The summed E-state index contributed by atoms with van der Waals surface area (Å²) in [6, 6.07) is 6.09. The molecule has 8 heteroatoms. The molecular weight excluding hydrogens is 352 g/mol. The lowest BCUT2D eigenvalue weighted by Crippen LogP contribution is -2.41. The van der Waals surface area contributed by atoms with Crippen molar-refractivity contribution in [1.29, 1.82) is 0 Å². The van der Waals surface area contributed by atoms with Crippen LogP contribution in [0.15, 0.2) is 36.9 Å². The van der Waals surface area contributed by atoms with Crippen molar-refractivity contribution < 1.29 is 14.7 Å². The molecule has 5 N–H and O–H groups in total. The second-order valence-corrected chi connectivity index (χ2v) is 6.56. The summed E-state index contributed by atoms with van der Waals surface area (Å²) in [5, 5.41) is 21.2. The maximum Gasteiger partial charge on any atom is 0.321 e. The number of nitrogens with one attached hydrogen (secondary N) is 4. The minimum Gasteiger partial charge on any atom is -0.480 e. The maximum atomic E-state index is 12.2. The fraction of sp³-hybridized carbons (Fsp3) is 0.389. The molecule has 1 unspecified atom stereocenters. The third-order valence-electron chi connectivity index (χ3n) is 3.27. The monoisotopic (exact) mass is 378 g/mol. The highest BCUT2D eigenvalue weighted by Crippen LogP contribution is 2.15. The van der Waals surface area contributed by atoms with E-state index in [0.717, 1.165) is 0 Å². The Labute approximate surface area is 159 Å². The molecule has 7 nitrogen and oxygen atoms in total. The molecule has 0 aliphatic heterocycles. The Morgan fingerprint density at radius 3 is 2.50 bits per heavy atom. The largest absolute Gasteiger partial charge is 0.480 e. The summed E-state index contributed by atoms with van der Waals surface area (Å²) >= 11 is 5.14. The standard InChI is InChI=1S/C18H26N4O3S/c1-4-8-19-18(26)22-14-7-5-6-13(9-14)21-16(23)10-15(17(24)25)20-11-12(2)3/h4-7,9,12,15,20H,1,8,10-11H2,2-3H3,(H,21,23)(H,24,25)(H2,19,22,26). The van der Waals surface area contributed by atoms with Gasteiger partial charge in [-0.2, -0.15) is 0 Å². The molecule has 1 amide bonds. The molecule has 0 aliphatic rings. The molecule has 0 heterocycles. The van der Waals surface area contributed by atoms with Crippen molar-refractivity contribution in [3.63, 3.8) is 0 Å². The number of rotatable bonds is 10. The highest BCUT2D eigenvalue weighted by Gasteiger charge is 2.21. The summed E-state index contributed by atoms with van der Waals surface area (Å²) in [6.07, 6.45) is 1.54. The first-order valence-corrected chi connectivity index (χ1v) is 8.74. The Balaban J connectivity index is 2.62. The van der Waals surface area contributed by atoms with Crippen LogP contribution >= 0.6 is 12.2 Å². The SMILES string of the molecule is C=CCNC(=S)Nc1cccc(NC(=O)CC(NCC(C)C)C(=O)O)c1. The maximum absolute atomic E-state index is 12.2. The molecule has 0 fully saturated rings. The third-order valence-corrected chi connectivity index (χ3v) is 3.52. The first-order chi connectivity index (χ1) is 12.3. The molecule has 0 saturated carbocycles. The van der Waals surface area contributed by atoms with Gasteiger partial charge < -0.3 is 26.4 Å². The van der Waals surface area contributed by atoms with Gasteiger partial charge in [0.25, 0.3) is 0 Å². The quantitative estimate of drug-likeness (QED) is 0.314. The van der Waals surface area contributed by atoms with Gasteiger partial charge in [-0.15, -0.1) is 6.58 Å². The van der Waals surface area contributed by atoms with E-state index in [1.807, 2.05) is 19.9 Å². The number of hydrogen-bond acceptors (Lipinski definition) is 4. The molecule has 142 valence electrons. The van der Waals surface area contributed by atoms with E-state index in [9.17, 15) is 14.7 Å². The second-order valence-electron chi connectivity index (χ2n) is 6.15. The number of anilines is 2. The molecule has 1 rings (SSSR count). The normalized spacial score (nSPS) is 11.5. The number of aliphatic carboxylic acids is 1. The van der Waals surface area contributed by atoms with E-state index < -0.39 is 12.0 Å². The Morgan fingerprint density at radius 2 is 1.92 bits per heavy atom. The zero-order valence-corrected chi connectivity index (χ0v) is 15.9. The molecular formula is C18H26N4O3S. The summed E-state index contributed by atoms with van der Waals surface area (Å²) in [7, 11) is 0. The van der Waals surface area contributed by atoms with Crippen LogP contribution in [0.4, 0.5) is 11.4 Å². The van der Waals surface area contributed by atoms with Crippen LogP contribution in [0, 0.1) is 5.92 Å². The van der Waals surface area contributed by atoms with E-state index in [0.29, 0.717) is 35.5 Å². The van der Waals surface area contributed by atoms with Crippen LogP contribution < -0.4 is 21.3 Å². The van der Waals surface area contributed by atoms with Gasteiger partial charge in [0.1, 0.15) is 6.04 Å². The number of carbonyl (C=O) groups is 2. The molecule has 1 aromatic rings. The summed E-state index contributed by atoms with van der Waals surface area (Å²) in [5.74, 6) is -1.13. The number of carbonyl (C=O) groups excluding carboxylic acids is 1. The molecule has 0 radical (unpaired) electrons.